The van der Waals surface area contributed by atoms with E-state index < -0.39 is 10.8 Å². The van der Waals surface area contributed by atoms with Crippen LogP contribution in [0.1, 0.15) is 31.1 Å². The highest BCUT2D eigenvalue weighted by Crippen LogP contribution is 2.39. The molecule has 0 aliphatic heterocycles. The lowest BCUT2D eigenvalue weighted by Gasteiger charge is -2.17. The number of rotatable bonds is 10. The molecule has 1 aromatic heterocycles. The zero-order chi connectivity index (χ0) is 25.7. The van der Waals surface area contributed by atoms with Gasteiger partial charge in [-0.3, -0.25) is 14.9 Å². The summed E-state index contributed by atoms with van der Waals surface area (Å²) in [4.78, 5) is 28.3. The number of anilines is 1. The van der Waals surface area contributed by atoms with E-state index in [4.69, 9.17) is 18.6 Å². The van der Waals surface area contributed by atoms with Crippen LogP contribution in [-0.2, 0) is 0 Å². The second-order valence-electron chi connectivity index (χ2n) is 7.53. The number of fused-ring (bicyclic) bond motifs is 1. The number of non-ortho nitro benzene ring substituents is 1. The highest BCUT2D eigenvalue weighted by atomic mass is 16.6. The van der Waals surface area contributed by atoms with Gasteiger partial charge in [-0.2, -0.15) is 0 Å². The topological polar surface area (TPSA) is 126 Å². The Morgan fingerprint density at radius 1 is 0.972 bits per heavy atom. The molecule has 0 radical (unpaired) electrons. The number of carbonyl (C=O) groups is 1. The second-order valence-corrected chi connectivity index (χ2v) is 7.53. The SMILES string of the molecule is CCOc1cc(C(=O)Nc2ccccc2-c2nc3ccc([N+](=O)[O-])cc3o2)cc(OCC)c1OCC. The molecule has 0 spiro atoms. The van der Waals surface area contributed by atoms with E-state index in [1.807, 2.05) is 20.8 Å². The van der Waals surface area contributed by atoms with Crippen molar-refractivity contribution in [3.05, 3.63) is 70.3 Å². The van der Waals surface area contributed by atoms with Crippen molar-refractivity contribution in [2.24, 2.45) is 0 Å². The van der Waals surface area contributed by atoms with Crippen LogP contribution in [0.3, 0.4) is 0 Å². The Bertz CT molecular complexity index is 1390. The molecule has 1 N–H and O–H groups in total. The summed E-state index contributed by atoms with van der Waals surface area (Å²) in [5.74, 6) is 1.07. The molecule has 1 amide bonds. The second kappa shape index (κ2) is 10.8. The van der Waals surface area contributed by atoms with Gasteiger partial charge in [0.25, 0.3) is 11.6 Å². The van der Waals surface area contributed by atoms with Crippen molar-refractivity contribution in [1.29, 1.82) is 0 Å². The number of para-hydroxylation sites is 1. The molecule has 0 fully saturated rings. The van der Waals surface area contributed by atoms with E-state index in [9.17, 15) is 14.9 Å². The molecule has 186 valence electrons. The third kappa shape index (κ3) is 5.07. The molecule has 10 nitrogen and oxygen atoms in total. The highest BCUT2D eigenvalue weighted by Gasteiger charge is 2.20. The van der Waals surface area contributed by atoms with Crippen LogP contribution in [0.2, 0.25) is 0 Å². The van der Waals surface area contributed by atoms with Crippen molar-refractivity contribution >= 4 is 28.4 Å². The summed E-state index contributed by atoms with van der Waals surface area (Å²) < 4.78 is 22.9. The Balaban J connectivity index is 1.69. The van der Waals surface area contributed by atoms with Gasteiger partial charge in [0.15, 0.2) is 17.1 Å². The van der Waals surface area contributed by atoms with Gasteiger partial charge in [-0.25, -0.2) is 4.98 Å². The van der Waals surface area contributed by atoms with Gasteiger partial charge in [0, 0.05) is 11.6 Å². The van der Waals surface area contributed by atoms with Crippen LogP contribution in [-0.4, -0.2) is 35.6 Å². The number of nitrogens with zero attached hydrogens (tertiary/aromatic N) is 2. The maximum absolute atomic E-state index is 13.3. The van der Waals surface area contributed by atoms with Gasteiger partial charge in [-0.05, 0) is 51.1 Å². The summed E-state index contributed by atoms with van der Waals surface area (Å²) in [6, 6.07) is 14.4. The number of carbonyl (C=O) groups excluding carboxylic acids is 1. The Morgan fingerprint density at radius 3 is 2.28 bits per heavy atom. The van der Waals surface area contributed by atoms with Crippen molar-refractivity contribution in [1.82, 2.24) is 4.98 Å². The van der Waals surface area contributed by atoms with Crippen LogP contribution in [0.5, 0.6) is 17.2 Å². The van der Waals surface area contributed by atoms with Gasteiger partial charge in [0.1, 0.15) is 5.52 Å². The molecule has 0 aliphatic carbocycles. The fourth-order valence-corrected chi connectivity index (χ4v) is 3.63. The van der Waals surface area contributed by atoms with Crippen LogP contribution in [0.25, 0.3) is 22.6 Å². The maximum Gasteiger partial charge on any atom is 0.273 e. The number of nitro benzene ring substituents is 1. The van der Waals surface area contributed by atoms with Crippen LogP contribution in [0.4, 0.5) is 11.4 Å². The van der Waals surface area contributed by atoms with Crippen molar-refractivity contribution in [2.45, 2.75) is 20.8 Å². The highest BCUT2D eigenvalue weighted by molar-refractivity contribution is 6.06. The van der Waals surface area contributed by atoms with E-state index in [1.54, 1.807) is 36.4 Å². The molecule has 1 heterocycles. The lowest BCUT2D eigenvalue weighted by Crippen LogP contribution is -2.14. The Labute approximate surface area is 207 Å². The van der Waals surface area contributed by atoms with E-state index in [0.29, 0.717) is 59.4 Å². The van der Waals surface area contributed by atoms with Gasteiger partial charge in [0.2, 0.25) is 11.6 Å². The molecule has 0 saturated carbocycles. The van der Waals surface area contributed by atoms with Crippen molar-refractivity contribution in [3.8, 4) is 28.7 Å². The first-order valence-electron chi connectivity index (χ1n) is 11.5. The minimum Gasteiger partial charge on any atom is -0.490 e. The Kier molecular flexibility index (Phi) is 7.33. The van der Waals surface area contributed by atoms with Crippen LogP contribution >= 0.6 is 0 Å². The zero-order valence-corrected chi connectivity index (χ0v) is 20.1. The van der Waals surface area contributed by atoms with Gasteiger partial charge in [-0.15, -0.1) is 0 Å². The molecular weight excluding hydrogens is 466 g/mol. The predicted octanol–water partition coefficient (Wildman–Crippen LogP) is 5.85. The summed E-state index contributed by atoms with van der Waals surface area (Å²) >= 11 is 0. The Morgan fingerprint density at radius 2 is 1.64 bits per heavy atom. The number of nitro groups is 1. The van der Waals surface area contributed by atoms with E-state index in [2.05, 4.69) is 10.3 Å². The Hall–Kier alpha value is -4.60. The van der Waals surface area contributed by atoms with E-state index in [0.717, 1.165) is 0 Å². The summed E-state index contributed by atoms with van der Waals surface area (Å²) in [5, 5.41) is 14.0. The average Bonchev–Trinajstić information content (AvgIpc) is 3.29. The summed E-state index contributed by atoms with van der Waals surface area (Å²) in [6.07, 6.45) is 0. The first-order valence-corrected chi connectivity index (χ1v) is 11.5. The van der Waals surface area contributed by atoms with Crippen LogP contribution < -0.4 is 19.5 Å². The molecule has 4 aromatic rings. The smallest absolute Gasteiger partial charge is 0.273 e. The molecule has 0 aliphatic rings. The predicted molar refractivity (Wildman–Crippen MR) is 134 cm³/mol. The fraction of sp³-hybridized carbons (Fsp3) is 0.231. The van der Waals surface area contributed by atoms with Gasteiger partial charge < -0.3 is 23.9 Å². The summed E-state index contributed by atoms with van der Waals surface area (Å²) in [5.41, 5.74) is 1.92. The molecule has 36 heavy (non-hydrogen) atoms. The lowest BCUT2D eigenvalue weighted by atomic mass is 10.1. The average molecular weight is 492 g/mol. The molecule has 0 unspecified atom stereocenters. The fourth-order valence-electron chi connectivity index (χ4n) is 3.63. The third-order valence-electron chi connectivity index (χ3n) is 5.16. The minimum absolute atomic E-state index is 0.0995. The van der Waals surface area contributed by atoms with Crippen molar-refractivity contribution in [2.75, 3.05) is 25.1 Å². The number of nitrogens with one attached hydrogen (secondary N) is 1. The first-order chi connectivity index (χ1) is 17.4. The minimum atomic E-state index is -0.500. The first kappa shape index (κ1) is 24.5. The summed E-state index contributed by atoms with van der Waals surface area (Å²) in [7, 11) is 0. The number of ether oxygens (including phenoxy) is 3. The lowest BCUT2D eigenvalue weighted by molar-refractivity contribution is -0.384. The third-order valence-corrected chi connectivity index (χ3v) is 5.16. The quantitative estimate of drug-likeness (QED) is 0.216. The number of aromatic nitrogens is 1. The largest absolute Gasteiger partial charge is 0.490 e. The number of hydrogen-bond donors (Lipinski definition) is 1. The molecule has 0 bridgehead atoms. The zero-order valence-electron chi connectivity index (χ0n) is 20.1. The number of hydrogen-bond acceptors (Lipinski definition) is 8. The van der Waals surface area contributed by atoms with E-state index >= 15 is 0 Å². The van der Waals surface area contributed by atoms with Gasteiger partial charge in [0.05, 0.1) is 42.1 Å². The maximum atomic E-state index is 13.3. The number of amides is 1. The van der Waals surface area contributed by atoms with Gasteiger partial charge in [-0.1, -0.05) is 12.1 Å². The normalized spacial score (nSPS) is 10.8. The molecule has 4 rings (SSSR count). The molecular formula is C26H25N3O7. The van der Waals surface area contributed by atoms with Crippen molar-refractivity contribution in [3.63, 3.8) is 0 Å². The standard InChI is InChI=1S/C26H25N3O7/c1-4-33-22-13-16(14-23(34-5-2)24(22)35-6-3)25(30)27-19-10-8-7-9-18(19)26-28-20-12-11-17(29(31)32)15-21(20)36-26/h7-15H,4-6H2,1-3H3,(H,27,30). The number of benzene rings is 3. The van der Waals surface area contributed by atoms with Gasteiger partial charge >= 0.3 is 0 Å². The molecule has 0 atom stereocenters. The summed E-state index contributed by atoms with van der Waals surface area (Å²) in [6.45, 7) is 6.72. The molecule has 3 aromatic carbocycles. The van der Waals surface area contributed by atoms with E-state index in [1.165, 1.54) is 18.2 Å². The molecule has 10 heteroatoms. The molecule has 0 saturated heterocycles. The monoisotopic (exact) mass is 491 g/mol. The van der Waals surface area contributed by atoms with Crippen molar-refractivity contribution < 1.29 is 28.3 Å². The van der Waals surface area contributed by atoms with E-state index in [-0.39, 0.29) is 17.2 Å². The number of oxazole rings is 1. The van der Waals surface area contributed by atoms with Crippen LogP contribution in [0, 0.1) is 10.1 Å². The van der Waals surface area contributed by atoms with Crippen LogP contribution in [0.15, 0.2) is 59.0 Å².